The Kier molecular flexibility index (Phi) is 8.54. The van der Waals surface area contributed by atoms with Crippen molar-refractivity contribution in [3.05, 3.63) is 0 Å². The van der Waals surface area contributed by atoms with Crippen molar-refractivity contribution in [1.29, 1.82) is 0 Å². The van der Waals surface area contributed by atoms with Gasteiger partial charge in [0.2, 0.25) is 5.90 Å². The Morgan fingerprint density at radius 2 is 1.92 bits per heavy atom. The summed E-state index contributed by atoms with van der Waals surface area (Å²) in [5, 5.41) is 4.44. The molecule has 0 saturated carbocycles. The van der Waals surface area contributed by atoms with E-state index >= 15 is 0 Å². The lowest BCUT2D eigenvalue weighted by Gasteiger charge is -2.41. The molecular formula is C21H40N2O2. The van der Waals surface area contributed by atoms with Gasteiger partial charge in [-0.3, -0.25) is 4.90 Å². The molecule has 0 aromatic rings. The third-order valence-corrected chi connectivity index (χ3v) is 6.44. The summed E-state index contributed by atoms with van der Waals surface area (Å²) in [6, 6.07) is 0. The van der Waals surface area contributed by atoms with E-state index < -0.39 is 0 Å². The molecule has 4 heteroatoms. The lowest BCUT2D eigenvalue weighted by molar-refractivity contribution is -0.0281. The van der Waals surface area contributed by atoms with Gasteiger partial charge in [-0.2, -0.15) is 0 Å². The normalized spacial score (nSPS) is 25.4. The van der Waals surface area contributed by atoms with Gasteiger partial charge in [0.05, 0.1) is 5.41 Å². The second-order valence-corrected chi connectivity index (χ2v) is 8.07. The molecule has 1 saturated heterocycles. The molecule has 2 aliphatic heterocycles. The number of hydrogen-bond acceptors (Lipinski definition) is 4. The number of likely N-dealkylation sites (tertiary alicyclic amines) is 1. The molecule has 0 aromatic heterocycles. The van der Waals surface area contributed by atoms with Crippen LogP contribution < -0.4 is 0 Å². The van der Waals surface area contributed by atoms with Crippen molar-refractivity contribution in [3.63, 3.8) is 0 Å². The Hall–Kier alpha value is -0.770. The molecule has 0 aromatic carbocycles. The highest BCUT2D eigenvalue weighted by atomic mass is 16.7. The first-order chi connectivity index (χ1) is 12.2. The highest BCUT2D eigenvalue weighted by Crippen LogP contribution is 2.42. The third kappa shape index (κ3) is 5.35. The quantitative estimate of drug-likeness (QED) is 0.505. The van der Waals surface area contributed by atoms with Crippen LogP contribution in [0.5, 0.6) is 0 Å². The largest absolute Gasteiger partial charge is 0.470 e. The highest BCUT2D eigenvalue weighted by Gasteiger charge is 2.43. The van der Waals surface area contributed by atoms with Crippen molar-refractivity contribution in [3.8, 4) is 0 Å². The van der Waals surface area contributed by atoms with Crippen molar-refractivity contribution < 1.29 is 9.57 Å². The molecule has 3 unspecified atom stereocenters. The molecular weight excluding hydrogens is 312 g/mol. The van der Waals surface area contributed by atoms with Gasteiger partial charge >= 0.3 is 0 Å². The van der Waals surface area contributed by atoms with Gasteiger partial charge < -0.3 is 9.57 Å². The summed E-state index contributed by atoms with van der Waals surface area (Å²) in [5.41, 5.74) is 0.0322. The number of hydrogen-bond donors (Lipinski definition) is 0. The smallest absolute Gasteiger partial charge is 0.232 e. The van der Waals surface area contributed by atoms with Crippen LogP contribution in [-0.4, -0.2) is 43.1 Å². The molecule has 25 heavy (non-hydrogen) atoms. The first-order valence-electron chi connectivity index (χ1n) is 10.8. The van der Waals surface area contributed by atoms with Crippen molar-refractivity contribution >= 4 is 5.90 Å². The van der Waals surface area contributed by atoms with E-state index in [1.807, 2.05) is 0 Å². The van der Waals surface area contributed by atoms with E-state index in [1.54, 1.807) is 0 Å². The molecule has 0 bridgehead atoms. The summed E-state index contributed by atoms with van der Waals surface area (Å²) >= 11 is 0. The van der Waals surface area contributed by atoms with Gasteiger partial charge in [-0.05, 0) is 44.7 Å². The fourth-order valence-electron chi connectivity index (χ4n) is 4.44. The average molecular weight is 353 g/mol. The van der Waals surface area contributed by atoms with Gasteiger partial charge in [0, 0.05) is 6.54 Å². The molecule has 146 valence electrons. The minimum absolute atomic E-state index is 0.0322. The molecule has 0 spiro atoms. The molecule has 0 aliphatic carbocycles. The van der Waals surface area contributed by atoms with Crippen molar-refractivity contribution in [2.75, 3.05) is 26.2 Å². The molecule has 4 nitrogen and oxygen atoms in total. The Bertz CT molecular complexity index is 407. The standard InChI is InChI=1S/C21H40N2O2/c1-5-8-10-13-21(7-3,18(4)6-2)20-22-24-17-19(25-20)16-23-14-11-9-12-15-23/h18-19H,5-17H2,1-4H3. The van der Waals surface area contributed by atoms with Crippen molar-refractivity contribution in [1.82, 2.24) is 4.90 Å². The van der Waals surface area contributed by atoms with E-state index in [0.717, 1.165) is 31.7 Å². The van der Waals surface area contributed by atoms with Crippen LogP contribution in [0, 0.1) is 11.3 Å². The summed E-state index contributed by atoms with van der Waals surface area (Å²) in [5.74, 6) is 1.44. The summed E-state index contributed by atoms with van der Waals surface area (Å²) in [6.07, 6.45) is 11.3. The van der Waals surface area contributed by atoms with Gasteiger partial charge in [0.1, 0.15) is 6.10 Å². The van der Waals surface area contributed by atoms with Crippen LogP contribution >= 0.6 is 0 Å². The van der Waals surface area contributed by atoms with Crippen molar-refractivity contribution in [2.24, 2.45) is 16.5 Å². The zero-order chi connectivity index (χ0) is 18.1. The third-order valence-electron chi connectivity index (χ3n) is 6.44. The molecule has 3 atom stereocenters. The number of rotatable bonds is 10. The summed E-state index contributed by atoms with van der Waals surface area (Å²) in [4.78, 5) is 8.22. The summed E-state index contributed by atoms with van der Waals surface area (Å²) < 4.78 is 6.48. The molecule has 2 aliphatic rings. The molecule has 2 rings (SSSR count). The van der Waals surface area contributed by atoms with Gasteiger partial charge in [-0.15, -0.1) is 0 Å². The van der Waals surface area contributed by atoms with Crippen LogP contribution in [0.1, 0.15) is 85.5 Å². The van der Waals surface area contributed by atoms with Crippen LogP contribution in [0.25, 0.3) is 0 Å². The number of nitrogens with zero attached hydrogens (tertiary/aromatic N) is 2. The van der Waals surface area contributed by atoms with Gasteiger partial charge in [-0.25, -0.2) is 0 Å². The van der Waals surface area contributed by atoms with Gasteiger partial charge in [0.15, 0.2) is 6.61 Å². The minimum Gasteiger partial charge on any atom is -0.470 e. The molecule has 0 radical (unpaired) electrons. The number of ether oxygens (including phenoxy) is 1. The predicted octanol–water partition coefficient (Wildman–Crippen LogP) is 5.22. The highest BCUT2D eigenvalue weighted by molar-refractivity contribution is 5.83. The fraction of sp³-hybridized carbons (Fsp3) is 0.952. The van der Waals surface area contributed by atoms with Crippen LogP contribution in [0.15, 0.2) is 5.16 Å². The average Bonchev–Trinajstić information content (AvgIpc) is 2.66. The van der Waals surface area contributed by atoms with E-state index in [4.69, 9.17) is 9.57 Å². The molecule has 0 amide bonds. The molecule has 2 heterocycles. The Balaban J connectivity index is 2.05. The minimum atomic E-state index is 0.0322. The first-order valence-corrected chi connectivity index (χ1v) is 10.8. The SMILES string of the molecule is CCCCCC(CC)(C1=NOCC(CN2CCCCC2)O1)C(C)CC. The Morgan fingerprint density at radius 3 is 2.56 bits per heavy atom. The van der Waals surface area contributed by atoms with E-state index in [1.165, 1.54) is 51.6 Å². The van der Waals surface area contributed by atoms with Crippen LogP contribution in [0.3, 0.4) is 0 Å². The first kappa shape index (κ1) is 20.5. The second kappa shape index (κ2) is 10.4. The lowest BCUT2D eigenvalue weighted by Crippen LogP contribution is -2.47. The number of piperidine rings is 1. The monoisotopic (exact) mass is 352 g/mol. The number of oxime groups is 1. The lowest BCUT2D eigenvalue weighted by atomic mass is 9.69. The number of unbranched alkanes of at least 4 members (excludes halogenated alkanes) is 2. The zero-order valence-corrected chi connectivity index (χ0v) is 17.1. The second-order valence-electron chi connectivity index (χ2n) is 8.07. The molecule has 0 N–H and O–H groups in total. The Labute approximate surface area is 155 Å². The Morgan fingerprint density at radius 1 is 1.16 bits per heavy atom. The van der Waals surface area contributed by atoms with Gasteiger partial charge in [0.25, 0.3) is 0 Å². The van der Waals surface area contributed by atoms with E-state index in [2.05, 4.69) is 37.8 Å². The zero-order valence-electron chi connectivity index (χ0n) is 17.1. The topological polar surface area (TPSA) is 34.1 Å². The maximum Gasteiger partial charge on any atom is 0.232 e. The van der Waals surface area contributed by atoms with Crippen molar-refractivity contribution in [2.45, 2.75) is 91.6 Å². The van der Waals surface area contributed by atoms with Crippen LogP contribution in [0.2, 0.25) is 0 Å². The van der Waals surface area contributed by atoms with E-state index in [9.17, 15) is 0 Å². The van der Waals surface area contributed by atoms with E-state index in [-0.39, 0.29) is 11.5 Å². The maximum atomic E-state index is 6.48. The van der Waals surface area contributed by atoms with Crippen LogP contribution in [-0.2, 0) is 9.57 Å². The molecule has 1 fully saturated rings. The fourth-order valence-corrected chi connectivity index (χ4v) is 4.44. The van der Waals surface area contributed by atoms with Gasteiger partial charge in [-0.1, -0.05) is 65.0 Å². The summed E-state index contributed by atoms with van der Waals surface area (Å²) in [7, 11) is 0. The maximum absolute atomic E-state index is 6.48. The van der Waals surface area contributed by atoms with E-state index in [0.29, 0.717) is 12.5 Å². The van der Waals surface area contributed by atoms with Crippen LogP contribution in [0.4, 0.5) is 0 Å². The summed E-state index contributed by atoms with van der Waals surface area (Å²) in [6.45, 7) is 13.2. The predicted molar refractivity (Wildman–Crippen MR) is 105 cm³/mol.